The van der Waals surface area contributed by atoms with E-state index in [1.807, 2.05) is 6.07 Å². The second-order valence-electron chi connectivity index (χ2n) is 4.35. The molecule has 0 aliphatic rings. The standard InChI is InChI=1S/C15H13Cl2NO2/c1-9(19)11-3-5-15(14(18)7-11)20-8-10-2-4-12(16)13(17)6-10/h2-7H,8,18H2,1H3. The van der Waals surface area contributed by atoms with Gasteiger partial charge in [-0.15, -0.1) is 0 Å². The van der Waals surface area contributed by atoms with Gasteiger partial charge in [-0.1, -0.05) is 29.3 Å². The van der Waals surface area contributed by atoms with Crippen LogP contribution in [0.1, 0.15) is 22.8 Å². The van der Waals surface area contributed by atoms with E-state index in [0.29, 0.717) is 33.7 Å². The molecule has 0 saturated heterocycles. The van der Waals surface area contributed by atoms with Crippen molar-refractivity contribution >= 4 is 34.7 Å². The molecule has 0 unspecified atom stereocenters. The van der Waals surface area contributed by atoms with Crippen LogP contribution in [-0.4, -0.2) is 5.78 Å². The molecule has 0 spiro atoms. The molecule has 0 amide bonds. The Kier molecular flexibility index (Phi) is 4.53. The highest BCUT2D eigenvalue weighted by Gasteiger charge is 2.06. The van der Waals surface area contributed by atoms with Gasteiger partial charge in [0, 0.05) is 5.56 Å². The molecule has 0 fully saturated rings. The number of carbonyl (C=O) groups excluding carboxylic acids is 1. The van der Waals surface area contributed by atoms with Gasteiger partial charge in [-0.3, -0.25) is 4.79 Å². The maximum Gasteiger partial charge on any atom is 0.159 e. The molecule has 104 valence electrons. The summed E-state index contributed by atoms with van der Waals surface area (Å²) in [7, 11) is 0. The molecule has 2 N–H and O–H groups in total. The molecular formula is C15H13Cl2NO2. The fourth-order valence-corrected chi connectivity index (χ4v) is 2.01. The maximum absolute atomic E-state index is 11.2. The third kappa shape index (κ3) is 3.44. The number of Topliss-reactive ketones (excluding diaryl/α,β-unsaturated/α-hetero) is 1. The van der Waals surface area contributed by atoms with E-state index in [1.165, 1.54) is 6.92 Å². The third-order valence-electron chi connectivity index (χ3n) is 2.79. The molecular weight excluding hydrogens is 297 g/mol. The Labute approximate surface area is 127 Å². The summed E-state index contributed by atoms with van der Waals surface area (Å²) in [4.78, 5) is 11.2. The highest BCUT2D eigenvalue weighted by molar-refractivity contribution is 6.42. The van der Waals surface area contributed by atoms with Crippen molar-refractivity contribution in [1.29, 1.82) is 0 Å². The molecule has 0 aliphatic carbocycles. The zero-order valence-corrected chi connectivity index (χ0v) is 12.3. The minimum absolute atomic E-state index is 0.0345. The summed E-state index contributed by atoms with van der Waals surface area (Å²) in [5.41, 5.74) is 7.72. The van der Waals surface area contributed by atoms with E-state index in [4.69, 9.17) is 33.7 Å². The molecule has 0 radical (unpaired) electrons. The predicted octanol–water partition coefficient (Wildman–Crippen LogP) is 4.36. The number of rotatable bonds is 4. The fourth-order valence-electron chi connectivity index (χ4n) is 1.69. The molecule has 0 saturated carbocycles. The monoisotopic (exact) mass is 309 g/mol. The van der Waals surface area contributed by atoms with Gasteiger partial charge in [-0.05, 0) is 42.8 Å². The smallest absolute Gasteiger partial charge is 0.159 e. The topological polar surface area (TPSA) is 52.3 Å². The van der Waals surface area contributed by atoms with Crippen LogP contribution in [0.5, 0.6) is 5.75 Å². The van der Waals surface area contributed by atoms with Crippen molar-refractivity contribution in [2.45, 2.75) is 13.5 Å². The van der Waals surface area contributed by atoms with E-state index >= 15 is 0 Å². The van der Waals surface area contributed by atoms with E-state index in [9.17, 15) is 4.79 Å². The summed E-state index contributed by atoms with van der Waals surface area (Å²) in [5, 5.41) is 0.980. The number of anilines is 1. The molecule has 3 nitrogen and oxygen atoms in total. The van der Waals surface area contributed by atoms with Gasteiger partial charge in [-0.2, -0.15) is 0 Å². The van der Waals surface area contributed by atoms with Gasteiger partial charge in [0.2, 0.25) is 0 Å². The average Bonchev–Trinajstić information content (AvgIpc) is 2.41. The number of ketones is 1. The van der Waals surface area contributed by atoms with E-state index in [1.54, 1.807) is 30.3 Å². The van der Waals surface area contributed by atoms with E-state index in [2.05, 4.69) is 0 Å². The predicted molar refractivity (Wildman–Crippen MR) is 81.7 cm³/mol. The molecule has 0 atom stereocenters. The number of nitrogen functional groups attached to an aromatic ring is 1. The first-order valence-electron chi connectivity index (χ1n) is 5.94. The number of ether oxygens (including phenoxy) is 1. The Morgan fingerprint density at radius 1 is 1.15 bits per heavy atom. The molecule has 2 aromatic carbocycles. The number of hydrogen-bond acceptors (Lipinski definition) is 3. The van der Waals surface area contributed by atoms with Gasteiger partial charge in [0.15, 0.2) is 5.78 Å². The van der Waals surface area contributed by atoms with E-state index in [-0.39, 0.29) is 5.78 Å². The second kappa shape index (κ2) is 6.16. The van der Waals surface area contributed by atoms with Crippen molar-refractivity contribution < 1.29 is 9.53 Å². The average molecular weight is 310 g/mol. The third-order valence-corrected chi connectivity index (χ3v) is 3.53. The summed E-state index contributed by atoms with van der Waals surface area (Å²) in [6, 6.07) is 10.3. The van der Waals surface area contributed by atoms with Crippen LogP contribution in [0.2, 0.25) is 10.0 Å². The second-order valence-corrected chi connectivity index (χ2v) is 5.16. The molecule has 0 aliphatic heterocycles. The van der Waals surface area contributed by atoms with Gasteiger partial charge < -0.3 is 10.5 Å². The highest BCUT2D eigenvalue weighted by Crippen LogP contribution is 2.26. The number of nitrogens with two attached hydrogens (primary N) is 1. The molecule has 0 heterocycles. The summed E-state index contributed by atoms with van der Waals surface area (Å²) >= 11 is 11.8. The Morgan fingerprint density at radius 3 is 2.50 bits per heavy atom. The molecule has 20 heavy (non-hydrogen) atoms. The first-order valence-corrected chi connectivity index (χ1v) is 6.70. The lowest BCUT2D eigenvalue weighted by molar-refractivity contribution is 0.101. The first kappa shape index (κ1) is 14.7. The van der Waals surface area contributed by atoms with Crippen LogP contribution < -0.4 is 10.5 Å². The molecule has 0 aromatic heterocycles. The van der Waals surface area contributed by atoms with Crippen LogP contribution in [0, 0.1) is 0 Å². The number of carbonyl (C=O) groups is 1. The zero-order valence-electron chi connectivity index (χ0n) is 10.8. The number of halogens is 2. The van der Waals surface area contributed by atoms with Gasteiger partial charge in [0.1, 0.15) is 12.4 Å². The Hall–Kier alpha value is -1.71. The van der Waals surface area contributed by atoms with Gasteiger partial charge in [0.05, 0.1) is 15.7 Å². The number of hydrogen-bond donors (Lipinski definition) is 1. The van der Waals surface area contributed by atoms with Crippen molar-refractivity contribution in [3.63, 3.8) is 0 Å². The van der Waals surface area contributed by atoms with Crippen LogP contribution in [0.4, 0.5) is 5.69 Å². The molecule has 5 heteroatoms. The highest BCUT2D eigenvalue weighted by atomic mass is 35.5. The normalized spacial score (nSPS) is 10.3. The van der Waals surface area contributed by atoms with Crippen LogP contribution in [-0.2, 0) is 6.61 Å². The zero-order chi connectivity index (χ0) is 14.7. The lowest BCUT2D eigenvalue weighted by atomic mass is 10.1. The lowest BCUT2D eigenvalue weighted by Crippen LogP contribution is -2.01. The van der Waals surface area contributed by atoms with Gasteiger partial charge in [0.25, 0.3) is 0 Å². The fraction of sp³-hybridized carbons (Fsp3) is 0.133. The SMILES string of the molecule is CC(=O)c1ccc(OCc2ccc(Cl)c(Cl)c2)c(N)c1. The summed E-state index contributed by atoms with van der Waals surface area (Å²) < 4.78 is 5.61. The van der Waals surface area contributed by atoms with Crippen molar-refractivity contribution in [3.8, 4) is 5.75 Å². The summed E-state index contributed by atoms with van der Waals surface area (Å²) in [6.07, 6.45) is 0. The number of benzene rings is 2. The van der Waals surface area contributed by atoms with Crippen LogP contribution >= 0.6 is 23.2 Å². The minimum atomic E-state index is -0.0345. The van der Waals surface area contributed by atoms with Crippen LogP contribution in [0.3, 0.4) is 0 Å². The first-order chi connectivity index (χ1) is 9.47. The molecule has 2 rings (SSSR count). The Bertz CT molecular complexity index is 656. The molecule has 0 bridgehead atoms. The van der Waals surface area contributed by atoms with Crippen molar-refractivity contribution in [3.05, 3.63) is 57.6 Å². The van der Waals surface area contributed by atoms with E-state index in [0.717, 1.165) is 5.56 Å². The van der Waals surface area contributed by atoms with Crippen molar-refractivity contribution in [2.24, 2.45) is 0 Å². The van der Waals surface area contributed by atoms with Gasteiger partial charge >= 0.3 is 0 Å². The Balaban J connectivity index is 2.10. The maximum atomic E-state index is 11.2. The Morgan fingerprint density at radius 2 is 1.90 bits per heavy atom. The quantitative estimate of drug-likeness (QED) is 0.674. The van der Waals surface area contributed by atoms with Crippen LogP contribution in [0.25, 0.3) is 0 Å². The van der Waals surface area contributed by atoms with Crippen molar-refractivity contribution in [2.75, 3.05) is 5.73 Å². The lowest BCUT2D eigenvalue weighted by Gasteiger charge is -2.10. The van der Waals surface area contributed by atoms with Crippen LogP contribution in [0.15, 0.2) is 36.4 Å². The minimum Gasteiger partial charge on any atom is -0.487 e. The van der Waals surface area contributed by atoms with Gasteiger partial charge in [-0.25, -0.2) is 0 Å². The van der Waals surface area contributed by atoms with Crippen molar-refractivity contribution in [1.82, 2.24) is 0 Å². The molecule has 2 aromatic rings. The van der Waals surface area contributed by atoms with E-state index < -0.39 is 0 Å². The summed E-state index contributed by atoms with van der Waals surface area (Å²) in [5.74, 6) is 0.494. The largest absolute Gasteiger partial charge is 0.487 e. The summed E-state index contributed by atoms with van der Waals surface area (Å²) in [6.45, 7) is 1.81.